The highest BCUT2D eigenvalue weighted by Crippen LogP contribution is 2.31. The number of nitrogens with zero attached hydrogens (tertiary/aromatic N) is 5. The van der Waals surface area contributed by atoms with Gasteiger partial charge in [0.1, 0.15) is 39.7 Å². The molecule has 0 atom stereocenters. The van der Waals surface area contributed by atoms with Crippen molar-refractivity contribution in [2.24, 2.45) is 0 Å². The molecular formula is C22H26N6O4S. The summed E-state index contributed by atoms with van der Waals surface area (Å²) in [6, 6.07) is 12.1. The molecule has 1 aliphatic heterocycles. The number of nitrogens with one attached hydrogen (secondary N) is 1. The van der Waals surface area contributed by atoms with Crippen LogP contribution in [-0.2, 0) is 10.0 Å². The molecule has 174 valence electrons. The zero-order valence-electron chi connectivity index (χ0n) is 18.7. The van der Waals surface area contributed by atoms with Crippen molar-refractivity contribution in [2.75, 3.05) is 50.6 Å². The Morgan fingerprint density at radius 2 is 1.73 bits per heavy atom. The normalized spacial score (nSPS) is 14.7. The van der Waals surface area contributed by atoms with Gasteiger partial charge in [-0.15, -0.1) is 0 Å². The van der Waals surface area contributed by atoms with Crippen LogP contribution in [0.4, 0.5) is 17.5 Å². The number of piperazine rings is 1. The van der Waals surface area contributed by atoms with Crippen LogP contribution < -0.4 is 19.7 Å². The highest BCUT2D eigenvalue weighted by atomic mass is 32.2. The molecule has 1 saturated heterocycles. The molecule has 0 bridgehead atoms. The van der Waals surface area contributed by atoms with Crippen LogP contribution in [0.25, 0.3) is 0 Å². The van der Waals surface area contributed by atoms with E-state index >= 15 is 0 Å². The lowest BCUT2D eigenvalue weighted by atomic mass is 10.3. The molecule has 11 heteroatoms. The quantitative estimate of drug-likeness (QED) is 0.557. The second kappa shape index (κ2) is 9.59. The van der Waals surface area contributed by atoms with E-state index in [0.29, 0.717) is 49.4 Å². The smallest absolute Gasteiger partial charge is 0.246 e. The molecule has 4 rings (SSSR count). The van der Waals surface area contributed by atoms with Gasteiger partial charge in [-0.2, -0.15) is 4.31 Å². The molecule has 0 saturated carbocycles. The number of anilines is 3. The first-order chi connectivity index (χ1) is 15.9. The van der Waals surface area contributed by atoms with E-state index in [1.54, 1.807) is 18.3 Å². The average Bonchev–Trinajstić information content (AvgIpc) is 2.84. The molecule has 3 heterocycles. The maximum absolute atomic E-state index is 13.3. The molecule has 1 aliphatic rings. The lowest BCUT2D eigenvalue weighted by molar-refractivity contribution is 0.369. The van der Waals surface area contributed by atoms with E-state index < -0.39 is 10.0 Å². The molecule has 0 spiro atoms. The largest absolute Gasteiger partial charge is 0.497 e. The van der Waals surface area contributed by atoms with E-state index in [9.17, 15) is 8.42 Å². The van der Waals surface area contributed by atoms with Crippen molar-refractivity contribution in [3.8, 4) is 11.5 Å². The fraction of sp³-hybridized carbons (Fsp3) is 0.318. The minimum Gasteiger partial charge on any atom is -0.497 e. The predicted molar refractivity (Wildman–Crippen MR) is 125 cm³/mol. The Balaban J connectivity index is 1.49. The number of hydrogen-bond acceptors (Lipinski definition) is 9. The number of rotatable bonds is 7. The number of sulfonamides is 1. The number of benzene rings is 1. The van der Waals surface area contributed by atoms with Crippen molar-refractivity contribution < 1.29 is 17.9 Å². The number of aryl methyl sites for hydroxylation is 1. The second-order valence-electron chi connectivity index (χ2n) is 7.41. The van der Waals surface area contributed by atoms with Crippen LogP contribution >= 0.6 is 0 Å². The third-order valence-electron chi connectivity index (χ3n) is 5.30. The Morgan fingerprint density at radius 1 is 0.939 bits per heavy atom. The van der Waals surface area contributed by atoms with Gasteiger partial charge in [-0.25, -0.2) is 23.4 Å². The molecular weight excluding hydrogens is 444 g/mol. The monoisotopic (exact) mass is 470 g/mol. The van der Waals surface area contributed by atoms with E-state index in [1.807, 2.05) is 31.2 Å². The van der Waals surface area contributed by atoms with E-state index in [-0.39, 0.29) is 10.6 Å². The topological polar surface area (TPSA) is 110 Å². The van der Waals surface area contributed by atoms with Gasteiger partial charge in [0.05, 0.1) is 14.2 Å². The molecule has 10 nitrogen and oxygen atoms in total. The van der Waals surface area contributed by atoms with Crippen molar-refractivity contribution in [1.29, 1.82) is 0 Å². The van der Waals surface area contributed by atoms with Crippen LogP contribution in [0, 0.1) is 6.92 Å². The third-order valence-corrected chi connectivity index (χ3v) is 7.23. The Hall–Kier alpha value is -3.44. The van der Waals surface area contributed by atoms with Crippen LogP contribution in [0.3, 0.4) is 0 Å². The molecule has 0 aliphatic carbocycles. The fourth-order valence-corrected chi connectivity index (χ4v) is 5.19. The molecule has 0 radical (unpaired) electrons. The van der Waals surface area contributed by atoms with E-state index in [2.05, 4.69) is 25.2 Å². The van der Waals surface area contributed by atoms with Crippen LogP contribution in [0.2, 0.25) is 0 Å². The average molecular weight is 471 g/mol. The summed E-state index contributed by atoms with van der Waals surface area (Å²) in [5.74, 6) is 3.46. The highest BCUT2D eigenvalue weighted by molar-refractivity contribution is 7.89. The van der Waals surface area contributed by atoms with Gasteiger partial charge in [-0.3, -0.25) is 0 Å². The summed E-state index contributed by atoms with van der Waals surface area (Å²) in [7, 11) is -0.753. The third kappa shape index (κ3) is 4.99. The van der Waals surface area contributed by atoms with E-state index in [1.165, 1.54) is 24.6 Å². The van der Waals surface area contributed by atoms with Crippen molar-refractivity contribution in [2.45, 2.75) is 11.8 Å². The number of hydrogen-bond donors (Lipinski definition) is 1. The number of ether oxygens (including phenoxy) is 2. The summed E-state index contributed by atoms with van der Waals surface area (Å²) >= 11 is 0. The van der Waals surface area contributed by atoms with Gasteiger partial charge in [-0.1, -0.05) is 6.07 Å². The van der Waals surface area contributed by atoms with Gasteiger partial charge < -0.3 is 19.7 Å². The van der Waals surface area contributed by atoms with Crippen molar-refractivity contribution >= 4 is 27.5 Å². The maximum Gasteiger partial charge on any atom is 0.246 e. The predicted octanol–water partition coefficient (Wildman–Crippen LogP) is 2.45. The van der Waals surface area contributed by atoms with Crippen LogP contribution in [0.15, 0.2) is 53.6 Å². The first-order valence-corrected chi connectivity index (χ1v) is 11.9. The summed E-state index contributed by atoms with van der Waals surface area (Å²) in [6.07, 6.45) is 1.70. The fourth-order valence-electron chi connectivity index (χ4n) is 3.63. The molecule has 1 fully saturated rings. The van der Waals surface area contributed by atoms with Gasteiger partial charge in [0, 0.05) is 44.5 Å². The van der Waals surface area contributed by atoms with Crippen molar-refractivity contribution in [1.82, 2.24) is 19.3 Å². The van der Waals surface area contributed by atoms with Gasteiger partial charge in [0.25, 0.3) is 0 Å². The number of methoxy groups -OCH3 is 2. The molecule has 1 aromatic carbocycles. The zero-order valence-corrected chi connectivity index (χ0v) is 19.5. The maximum atomic E-state index is 13.3. The minimum atomic E-state index is -3.72. The van der Waals surface area contributed by atoms with Crippen LogP contribution in [-0.4, -0.2) is 68.1 Å². The molecule has 3 aromatic rings. The summed E-state index contributed by atoms with van der Waals surface area (Å²) in [6.45, 7) is 3.46. The lowest BCUT2D eigenvalue weighted by Crippen LogP contribution is -2.49. The highest BCUT2D eigenvalue weighted by Gasteiger charge is 2.31. The first-order valence-electron chi connectivity index (χ1n) is 10.4. The van der Waals surface area contributed by atoms with Crippen molar-refractivity contribution in [3.05, 3.63) is 54.5 Å². The Bertz CT molecular complexity index is 1210. The van der Waals surface area contributed by atoms with Crippen molar-refractivity contribution in [3.63, 3.8) is 0 Å². The number of pyridine rings is 1. The second-order valence-corrected chi connectivity index (χ2v) is 9.31. The van der Waals surface area contributed by atoms with Gasteiger partial charge in [-0.05, 0) is 31.2 Å². The minimum absolute atomic E-state index is 0.124. The SMILES string of the molecule is COc1ccc(S(=O)(=O)N2CCN(c3cc(Nc4ccccn4)nc(C)n3)CC2)c(OC)c1. The molecule has 33 heavy (non-hydrogen) atoms. The summed E-state index contributed by atoms with van der Waals surface area (Å²) < 4.78 is 38.5. The zero-order chi connectivity index (χ0) is 23.4. The summed E-state index contributed by atoms with van der Waals surface area (Å²) in [5, 5.41) is 3.18. The first kappa shape index (κ1) is 22.7. The molecule has 0 amide bonds. The molecule has 0 unspecified atom stereocenters. The summed E-state index contributed by atoms with van der Waals surface area (Å²) in [4.78, 5) is 15.4. The number of aromatic nitrogens is 3. The van der Waals surface area contributed by atoms with E-state index in [0.717, 1.165) is 5.82 Å². The van der Waals surface area contributed by atoms with E-state index in [4.69, 9.17) is 9.47 Å². The van der Waals surface area contributed by atoms with Gasteiger partial charge >= 0.3 is 0 Å². The van der Waals surface area contributed by atoms with Gasteiger partial charge in [0.15, 0.2) is 0 Å². The Morgan fingerprint density at radius 3 is 2.39 bits per heavy atom. The van der Waals surface area contributed by atoms with Crippen LogP contribution in [0.1, 0.15) is 5.82 Å². The standard InChI is InChI=1S/C22H26N6O4S/c1-16-24-21(26-20-6-4-5-9-23-20)15-22(25-16)27-10-12-28(13-11-27)33(29,30)19-8-7-17(31-2)14-18(19)32-3/h4-9,14-15H,10-13H2,1-3H3,(H,23,24,25,26). The Kier molecular flexibility index (Phi) is 6.61. The summed E-state index contributed by atoms with van der Waals surface area (Å²) in [5.41, 5.74) is 0. The molecule has 2 aromatic heterocycles. The molecule has 1 N–H and O–H groups in total. The lowest BCUT2D eigenvalue weighted by Gasteiger charge is -2.35. The Labute approximate surface area is 193 Å². The van der Waals surface area contributed by atoms with Crippen LogP contribution in [0.5, 0.6) is 11.5 Å². The van der Waals surface area contributed by atoms with Gasteiger partial charge in [0.2, 0.25) is 10.0 Å².